The quantitative estimate of drug-likeness (QED) is 0.118. The van der Waals surface area contributed by atoms with Gasteiger partial charge in [0.1, 0.15) is 11.1 Å². The molecule has 240 valence electrons. The normalized spacial score (nSPS) is 14.2. The smallest absolute Gasteiger partial charge is 0.340 e. The predicted molar refractivity (Wildman–Crippen MR) is 186 cm³/mol. The summed E-state index contributed by atoms with van der Waals surface area (Å²) in [7, 11) is 0. The van der Waals surface area contributed by atoms with Crippen LogP contribution in [0.2, 0.25) is 0 Å². The van der Waals surface area contributed by atoms with Gasteiger partial charge in [0.15, 0.2) is 0 Å². The van der Waals surface area contributed by atoms with Crippen LogP contribution >= 0.6 is 23.3 Å². The lowest BCUT2D eigenvalue weighted by Crippen LogP contribution is -2.54. The Morgan fingerprint density at radius 3 is 2.15 bits per heavy atom. The Labute approximate surface area is 283 Å². The molecule has 1 fully saturated rings. The molecule has 6 rings (SSSR count). The molecule has 2 amide bonds. The number of ether oxygens (including phenoxy) is 1. The molecule has 8 nitrogen and oxygen atoms in total. The van der Waals surface area contributed by atoms with Crippen molar-refractivity contribution in [3.8, 4) is 0 Å². The van der Waals surface area contributed by atoms with E-state index in [-0.39, 0.29) is 30.0 Å². The average molecular weight is 665 g/mol. The third-order valence-corrected chi connectivity index (χ3v) is 10.5. The minimum atomic E-state index is -0.833. The molecule has 0 saturated carbocycles. The second kappa shape index (κ2) is 14.9. The van der Waals surface area contributed by atoms with E-state index in [1.54, 1.807) is 32.2 Å². The fourth-order valence-electron chi connectivity index (χ4n) is 5.86. The number of amides is 2. The van der Waals surface area contributed by atoms with Crippen LogP contribution in [0.4, 0.5) is 0 Å². The predicted octanol–water partition coefficient (Wildman–Crippen LogP) is 6.94. The Kier molecular flexibility index (Phi) is 10.3. The van der Waals surface area contributed by atoms with E-state index in [0.29, 0.717) is 36.1 Å². The van der Waals surface area contributed by atoms with Crippen LogP contribution in [0.1, 0.15) is 51.0 Å². The van der Waals surface area contributed by atoms with Gasteiger partial charge in [0, 0.05) is 49.0 Å². The molecule has 0 unspecified atom stereocenters. The number of carbonyl (C=O) groups excluding carboxylic acids is 3. The minimum absolute atomic E-state index is 0.0686. The molecule has 47 heavy (non-hydrogen) atoms. The highest BCUT2D eigenvalue weighted by molar-refractivity contribution is 7.97. The number of nitrogens with zero attached hydrogens (tertiary/aromatic N) is 4. The second-order valence-electron chi connectivity index (χ2n) is 11.2. The standard InChI is InChI=1S/C37H36N4O4S2/c1-3-45-37(44)30-18-12-20-38-34(30)47-41(36(43)32-25-29-17-10-11-19-31(29)46-32)26(2)35(42)40-23-21-39(22-24-40)33(27-13-6-4-7-14-27)28-15-8-5-9-16-28/h4-20,25-26,33H,3,21-24H2,1-2H3/t26-/m1/s1. The summed E-state index contributed by atoms with van der Waals surface area (Å²) in [5.41, 5.74) is 2.65. The van der Waals surface area contributed by atoms with Gasteiger partial charge in [0.05, 0.1) is 23.1 Å². The number of benzene rings is 3. The minimum Gasteiger partial charge on any atom is -0.462 e. The van der Waals surface area contributed by atoms with E-state index in [9.17, 15) is 14.4 Å². The van der Waals surface area contributed by atoms with Gasteiger partial charge in [-0.25, -0.2) is 9.78 Å². The first kappa shape index (κ1) is 32.4. The number of hydrogen-bond donors (Lipinski definition) is 0. The number of aromatic nitrogens is 1. The van der Waals surface area contributed by atoms with E-state index in [2.05, 4.69) is 58.4 Å². The number of hydrogen-bond acceptors (Lipinski definition) is 8. The van der Waals surface area contributed by atoms with Gasteiger partial charge in [-0.15, -0.1) is 11.3 Å². The van der Waals surface area contributed by atoms with Crippen LogP contribution in [0, 0.1) is 0 Å². The van der Waals surface area contributed by atoms with Gasteiger partial charge >= 0.3 is 5.97 Å². The van der Waals surface area contributed by atoms with E-state index in [0.717, 1.165) is 22.0 Å². The molecule has 1 aliphatic rings. The van der Waals surface area contributed by atoms with Crippen molar-refractivity contribution in [2.75, 3.05) is 32.8 Å². The Balaban J connectivity index is 1.24. The van der Waals surface area contributed by atoms with Crippen LogP contribution in [0.15, 0.2) is 114 Å². The van der Waals surface area contributed by atoms with Gasteiger partial charge < -0.3 is 9.64 Å². The van der Waals surface area contributed by atoms with Gasteiger partial charge in [0.25, 0.3) is 5.91 Å². The molecule has 3 heterocycles. The topological polar surface area (TPSA) is 83.0 Å². The summed E-state index contributed by atoms with van der Waals surface area (Å²) in [6, 6.07) is 33.0. The summed E-state index contributed by atoms with van der Waals surface area (Å²) in [5.74, 6) is -1.00. The largest absolute Gasteiger partial charge is 0.462 e. The third kappa shape index (κ3) is 7.25. The van der Waals surface area contributed by atoms with Crippen molar-refractivity contribution in [1.29, 1.82) is 0 Å². The highest BCUT2D eigenvalue weighted by atomic mass is 32.2. The van der Waals surface area contributed by atoms with Crippen LogP contribution in [0.5, 0.6) is 0 Å². The Morgan fingerprint density at radius 1 is 0.872 bits per heavy atom. The maximum Gasteiger partial charge on any atom is 0.340 e. The van der Waals surface area contributed by atoms with Gasteiger partial charge in [-0.3, -0.25) is 18.8 Å². The van der Waals surface area contributed by atoms with Crippen LogP contribution < -0.4 is 0 Å². The molecule has 1 atom stereocenters. The lowest BCUT2D eigenvalue weighted by atomic mass is 9.96. The number of esters is 1. The number of fused-ring (bicyclic) bond motifs is 1. The van der Waals surface area contributed by atoms with E-state index in [4.69, 9.17) is 4.74 Å². The zero-order valence-corrected chi connectivity index (χ0v) is 28.0. The maximum atomic E-state index is 14.2. The van der Waals surface area contributed by atoms with E-state index in [1.165, 1.54) is 26.8 Å². The summed E-state index contributed by atoms with van der Waals surface area (Å²) in [6.45, 7) is 6.09. The Bertz CT molecular complexity index is 1770. The zero-order valence-electron chi connectivity index (χ0n) is 26.3. The van der Waals surface area contributed by atoms with Crippen molar-refractivity contribution in [2.45, 2.75) is 31.0 Å². The van der Waals surface area contributed by atoms with E-state index < -0.39 is 12.0 Å². The Hall–Kier alpha value is -4.51. The van der Waals surface area contributed by atoms with Crippen LogP contribution in [0.25, 0.3) is 10.1 Å². The molecule has 0 N–H and O–H groups in total. The van der Waals surface area contributed by atoms with Crippen molar-refractivity contribution < 1.29 is 19.1 Å². The molecule has 5 aromatic rings. The molecule has 1 saturated heterocycles. The number of thiophene rings is 1. The fraction of sp³-hybridized carbons (Fsp3) is 0.243. The molecule has 0 radical (unpaired) electrons. The highest BCUT2D eigenvalue weighted by Gasteiger charge is 2.36. The van der Waals surface area contributed by atoms with Crippen LogP contribution in [0.3, 0.4) is 0 Å². The first-order chi connectivity index (χ1) is 22.9. The Morgan fingerprint density at radius 2 is 1.51 bits per heavy atom. The van der Waals surface area contributed by atoms with E-state index in [1.807, 2.05) is 47.4 Å². The molecule has 3 aromatic carbocycles. The summed E-state index contributed by atoms with van der Waals surface area (Å²) in [4.78, 5) is 50.3. The van der Waals surface area contributed by atoms with Crippen molar-refractivity contribution in [3.63, 3.8) is 0 Å². The zero-order chi connectivity index (χ0) is 32.8. The van der Waals surface area contributed by atoms with Crippen LogP contribution in [-0.2, 0) is 9.53 Å². The van der Waals surface area contributed by atoms with Gasteiger partial charge in [-0.1, -0.05) is 78.9 Å². The van der Waals surface area contributed by atoms with Crippen molar-refractivity contribution in [3.05, 3.63) is 131 Å². The molecule has 0 aliphatic carbocycles. The lowest BCUT2D eigenvalue weighted by Gasteiger charge is -2.41. The van der Waals surface area contributed by atoms with Gasteiger partial charge in [0.2, 0.25) is 5.91 Å². The summed E-state index contributed by atoms with van der Waals surface area (Å²) >= 11 is 2.38. The molecular formula is C37H36N4O4S2. The first-order valence-corrected chi connectivity index (χ1v) is 17.3. The molecule has 10 heteroatoms. The number of rotatable bonds is 10. The van der Waals surface area contributed by atoms with Crippen molar-refractivity contribution in [1.82, 2.24) is 19.1 Å². The molecule has 2 aromatic heterocycles. The summed E-state index contributed by atoms with van der Waals surface area (Å²) in [6.07, 6.45) is 1.56. The molecular weight excluding hydrogens is 629 g/mol. The number of pyridine rings is 1. The number of carbonyl (C=O) groups is 3. The van der Waals surface area contributed by atoms with Gasteiger partial charge in [-0.2, -0.15) is 0 Å². The van der Waals surface area contributed by atoms with Crippen molar-refractivity contribution in [2.24, 2.45) is 0 Å². The summed E-state index contributed by atoms with van der Waals surface area (Å²) < 4.78 is 7.70. The third-order valence-electron chi connectivity index (χ3n) is 8.22. The van der Waals surface area contributed by atoms with E-state index >= 15 is 0 Å². The maximum absolute atomic E-state index is 14.2. The molecule has 0 spiro atoms. The molecule has 1 aliphatic heterocycles. The average Bonchev–Trinajstić information content (AvgIpc) is 3.56. The highest BCUT2D eigenvalue weighted by Crippen LogP contribution is 2.34. The first-order valence-electron chi connectivity index (χ1n) is 15.7. The van der Waals surface area contributed by atoms with Crippen LogP contribution in [-0.4, -0.2) is 75.7 Å². The summed E-state index contributed by atoms with van der Waals surface area (Å²) in [5, 5.41) is 1.26. The second-order valence-corrected chi connectivity index (χ2v) is 13.3. The SMILES string of the molecule is CCOC(=O)c1cccnc1SN(C(=O)c1cc2ccccc2s1)[C@H](C)C(=O)N1CCN(C(c2ccccc2)c2ccccc2)CC1. The number of piperazine rings is 1. The fourth-order valence-corrected chi connectivity index (χ4v) is 7.89. The molecule has 0 bridgehead atoms. The van der Waals surface area contributed by atoms with Crippen molar-refractivity contribution >= 4 is 51.2 Å². The van der Waals surface area contributed by atoms with Gasteiger partial charge in [-0.05, 0) is 54.6 Å². The lowest BCUT2D eigenvalue weighted by molar-refractivity contribution is -0.136. The monoisotopic (exact) mass is 664 g/mol.